The minimum atomic E-state index is -1.08. The van der Waals surface area contributed by atoms with Crippen LogP contribution in [-0.4, -0.2) is 37.0 Å². The molecule has 1 heterocycles. The molecular weight excluding hydrogens is 250 g/mol. The maximum atomic E-state index is 13.4. The van der Waals surface area contributed by atoms with Crippen LogP contribution < -0.4 is 5.32 Å². The molecule has 1 fully saturated rings. The molecule has 1 amide bonds. The van der Waals surface area contributed by atoms with E-state index < -0.39 is 17.5 Å². The molecule has 104 valence electrons. The Morgan fingerprint density at radius 2 is 2.26 bits per heavy atom. The summed E-state index contributed by atoms with van der Waals surface area (Å²) in [4.78, 5) is 14.1. The highest BCUT2D eigenvalue weighted by Crippen LogP contribution is 2.15. The molecule has 2 rings (SSSR count). The number of halogens is 2. The minimum absolute atomic E-state index is 0.231. The van der Waals surface area contributed by atoms with Gasteiger partial charge >= 0.3 is 0 Å². The molecule has 1 aliphatic heterocycles. The standard InChI is InChI=1S/C14H18F2N2O/c1-2-18-7-6-10(9-18)8-17-14(19)11-4-3-5-12(15)13(11)16/h3-5,10H,2,6-9H2,1H3,(H,17,19). The van der Waals surface area contributed by atoms with Crippen molar-refractivity contribution in [2.24, 2.45) is 5.92 Å². The maximum absolute atomic E-state index is 13.4. The Morgan fingerprint density at radius 3 is 2.95 bits per heavy atom. The van der Waals surface area contributed by atoms with Gasteiger partial charge in [-0.2, -0.15) is 0 Å². The van der Waals surface area contributed by atoms with E-state index in [4.69, 9.17) is 0 Å². The van der Waals surface area contributed by atoms with Crippen LogP contribution in [0.1, 0.15) is 23.7 Å². The van der Waals surface area contributed by atoms with Gasteiger partial charge in [-0.15, -0.1) is 0 Å². The first-order valence-electron chi connectivity index (χ1n) is 6.56. The molecule has 1 N–H and O–H groups in total. The van der Waals surface area contributed by atoms with E-state index in [2.05, 4.69) is 17.1 Å². The first-order chi connectivity index (χ1) is 9.11. The van der Waals surface area contributed by atoms with Crippen LogP contribution in [0.3, 0.4) is 0 Å². The van der Waals surface area contributed by atoms with E-state index in [9.17, 15) is 13.6 Å². The molecule has 1 aromatic carbocycles. The van der Waals surface area contributed by atoms with Crippen LogP contribution in [0.15, 0.2) is 18.2 Å². The summed E-state index contributed by atoms with van der Waals surface area (Å²) in [7, 11) is 0. The van der Waals surface area contributed by atoms with Crippen LogP contribution in [0.5, 0.6) is 0 Å². The van der Waals surface area contributed by atoms with Crippen LogP contribution in [0.25, 0.3) is 0 Å². The molecule has 0 aromatic heterocycles. The molecule has 1 saturated heterocycles. The van der Waals surface area contributed by atoms with Gasteiger partial charge < -0.3 is 10.2 Å². The lowest BCUT2D eigenvalue weighted by molar-refractivity contribution is 0.0942. The number of carbonyl (C=O) groups is 1. The number of carbonyl (C=O) groups excluding carboxylic acids is 1. The Labute approximate surface area is 111 Å². The molecule has 1 atom stereocenters. The summed E-state index contributed by atoms with van der Waals surface area (Å²) in [5.41, 5.74) is -0.231. The van der Waals surface area contributed by atoms with Crippen LogP contribution in [0.4, 0.5) is 8.78 Å². The van der Waals surface area contributed by atoms with Crippen molar-refractivity contribution in [3.05, 3.63) is 35.4 Å². The van der Waals surface area contributed by atoms with Crippen molar-refractivity contribution < 1.29 is 13.6 Å². The summed E-state index contributed by atoms with van der Waals surface area (Å²) in [5.74, 6) is -2.24. The zero-order chi connectivity index (χ0) is 13.8. The van der Waals surface area contributed by atoms with Gasteiger partial charge in [0.2, 0.25) is 0 Å². The van der Waals surface area contributed by atoms with Crippen molar-refractivity contribution in [2.45, 2.75) is 13.3 Å². The number of rotatable bonds is 4. The van der Waals surface area contributed by atoms with Gasteiger partial charge in [-0.05, 0) is 37.6 Å². The predicted molar refractivity (Wildman–Crippen MR) is 68.9 cm³/mol. The van der Waals surface area contributed by atoms with E-state index in [1.807, 2.05) is 0 Å². The molecule has 0 bridgehead atoms. The van der Waals surface area contributed by atoms with Crippen LogP contribution >= 0.6 is 0 Å². The molecule has 5 heteroatoms. The van der Waals surface area contributed by atoms with E-state index in [1.165, 1.54) is 12.1 Å². The number of hydrogen-bond acceptors (Lipinski definition) is 2. The predicted octanol–water partition coefficient (Wildman–Crippen LogP) is 2.04. The van der Waals surface area contributed by atoms with E-state index in [0.29, 0.717) is 12.5 Å². The summed E-state index contributed by atoms with van der Waals surface area (Å²) in [5, 5.41) is 2.68. The number of benzene rings is 1. The first-order valence-corrected chi connectivity index (χ1v) is 6.56. The summed E-state index contributed by atoms with van der Waals surface area (Å²) < 4.78 is 26.4. The summed E-state index contributed by atoms with van der Waals surface area (Å²) in [6.45, 7) is 5.59. The molecule has 3 nitrogen and oxygen atoms in total. The Hall–Kier alpha value is -1.49. The summed E-state index contributed by atoms with van der Waals surface area (Å²) >= 11 is 0. The van der Waals surface area contributed by atoms with Gasteiger partial charge in [0.25, 0.3) is 5.91 Å². The van der Waals surface area contributed by atoms with Crippen molar-refractivity contribution in [1.29, 1.82) is 0 Å². The van der Waals surface area contributed by atoms with Gasteiger partial charge in [0.05, 0.1) is 5.56 Å². The maximum Gasteiger partial charge on any atom is 0.254 e. The van der Waals surface area contributed by atoms with Gasteiger partial charge in [0.1, 0.15) is 0 Å². The van der Waals surface area contributed by atoms with Crippen LogP contribution in [0.2, 0.25) is 0 Å². The quantitative estimate of drug-likeness (QED) is 0.906. The second-order valence-electron chi connectivity index (χ2n) is 4.86. The fourth-order valence-electron chi connectivity index (χ4n) is 2.38. The molecule has 19 heavy (non-hydrogen) atoms. The fourth-order valence-corrected chi connectivity index (χ4v) is 2.38. The van der Waals surface area contributed by atoms with Crippen molar-refractivity contribution in [3.8, 4) is 0 Å². The molecule has 0 saturated carbocycles. The summed E-state index contributed by atoms with van der Waals surface area (Å²) in [6, 6.07) is 3.63. The smallest absolute Gasteiger partial charge is 0.254 e. The number of likely N-dealkylation sites (tertiary alicyclic amines) is 1. The van der Waals surface area contributed by atoms with Crippen molar-refractivity contribution in [3.63, 3.8) is 0 Å². The molecule has 1 aliphatic rings. The Morgan fingerprint density at radius 1 is 1.47 bits per heavy atom. The lowest BCUT2D eigenvalue weighted by Crippen LogP contribution is -2.31. The third-order valence-electron chi connectivity index (χ3n) is 3.56. The Balaban J connectivity index is 1.90. The zero-order valence-electron chi connectivity index (χ0n) is 11.0. The molecule has 0 aliphatic carbocycles. The second-order valence-corrected chi connectivity index (χ2v) is 4.86. The third-order valence-corrected chi connectivity index (χ3v) is 3.56. The van der Waals surface area contributed by atoms with E-state index >= 15 is 0 Å². The number of nitrogens with zero attached hydrogens (tertiary/aromatic N) is 1. The van der Waals surface area contributed by atoms with Crippen molar-refractivity contribution >= 4 is 5.91 Å². The monoisotopic (exact) mass is 268 g/mol. The van der Waals surface area contributed by atoms with Gasteiger partial charge in [-0.3, -0.25) is 4.79 Å². The van der Waals surface area contributed by atoms with Crippen LogP contribution in [0, 0.1) is 17.6 Å². The van der Waals surface area contributed by atoms with Gasteiger partial charge in [-0.25, -0.2) is 8.78 Å². The first kappa shape index (κ1) is 13.9. The topological polar surface area (TPSA) is 32.3 Å². The van der Waals surface area contributed by atoms with E-state index in [1.54, 1.807) is 0 Å². The SMILES string of the molecule is CCN1CCC(CNC(=O)c2cccc(F)c2F)C1. The van der Waals surface area contributed by atoms with E-state index in [0.717, 1.165) is 32.1 Å². The molecule has 0 spiro atoms. The highest BCUT2D eigenvalue weighted by molar-refractivity contribution is 5.94. The normalized spacial score (nSPS) is 19.6. The van der Waals surface area contributed by atoms with Gasteiger partial charge in [0, 0.05) is 13.1 Å². The Kier molecular flexibility index (Phi) is 4.47. The number of nitrogens with one attached hydrogen (secondary N) is 1. The van der Waals surface area contributed by atoms with Crippen molar-refractivity contribution in [1.82, 2.24) is 10.2 Å². The van der Waals surface area contributed by atoms with Gasteiger partial charge in [-0.1, -0.05) is 13.0 Å². The fraction of sp³-hybridized carbons (Fsp3) is 0.500. The Bertz CT molecular complexity index is 465. The number of amides is 1. The minimum Gasteiger partial charge on any atom is -0.352 e. The van der Waals surface area contributed by atoms with Crippen molar-refractivity contribution in [2.75, 3.05) is 26.2 Å². The van der Waals surface area contributed by atoms with E-state index in [-0.39, 0.29) is 5.56 Å². The average Bonchev–Trinajstić information content (AvgIpc) is 2.87. The number of hydrogen-bond donors (Lipinski definition) is 1. The van der Waals surface area contributed by atoms with Gasteiger partial charge in [0.15, 0.2) is 11.6 Å². The summed E-state index contributed by atoms with van der Waals surface area (Å²) in [6.07, 6.45) is 1.03. The molecular formula is C14H18F2N2O. The average molecular weight is 268 g/mol. The highest BCUT2D eigenvalue weighted by Gasteiger charge is 2.22. The lowest BCUT2D eigenvalue weighted by Gasteiger charge is -2.14. The highest BCUT2D eigenvalue weighted by atomic mass is 19.2. The zero-order valence-corrected chi connectivity index (χ0v) is 11.0. The molecule has 1 aromatic rings. The third kappa shape index (κ3) is 3.29. The molecule has 1 unspecified atom stereocenters. The molecule has 0 radical (unpaired) electrons. The second kappa shape index (κ2) is 6.10. The largest absolute Gasteiger partial charge is 0.352 e. The van der Waals surface area contributed by atoms with Crippen LogP contribution in [-0.2, 0) is 0 Å². The lowest BCUT2D eigenvalue weighted by atomic mass is 10.1.